The van der Waals surface area contributed by atoms with Crippen molar-refractivity contribution >= 4 is 40.5 Å². The van der Waals surface area contributed by atoms with Crippen LogP contribution < -0.4 is 14.8 Å². The van der Waals surface area contributed by atoms with E-state index < -0.39 is 23.2 Å². The summed E-state index contributed by atoms with van der Waals surface area (Å²) in [6.45, 7) is 1.30. The van der Waals surface area contributed by atoms with E-state index in [1.807, 2.05) is 0 Å². The predicted molar refractivity (Wildman–Crippen MR) is 119 cm³/mol. The molecule has 0 unspecified atom stereocenters. The highest BCUT2D eigenvalue weighted by atomic mass is 32.2. The molecule has 1 N–H and O–H groups in total. The Balaban J connectivity index is 1.60. The molecule has 174 valence electrons. The van der Waals surface area contributed by atoms with Crippen molar-refractivity contribution in [2.45, 2.75) is 18.1 Å². The average molecular weight is 505 g/mol. The number of ketones is 1. The lowest BCUT2D eigenvalue weighted by atomic mass is 10.1. The van der Waals surface area contributed by atoms with Crippen molar-refractivity contribution in [3.8, 4) is 28.1 Å². The van der Waals surface area contributed by atoms with Crippen LogP contribution in [0.3, 0.4) is 0 Å². The Kier molecular flexibility index (Phi) is 6.49. The maximum absolute atomic E-state index is 13.6. The van der Waals surface area contributed by atoms with Crippen LogP contribution in [0, 0.1) is 11.3 Å². The molecule has 0 saturated heterocycles. The molecule has 2 aromatic heterocycles. The summed E-state index contributed by atoms with van der Waals surface area (Å²) in [6, 6.07) is 8.57. The van der Waals surface area contributed by atoms with E-state index in [0.29, 0.717) is 28.1 Å². The minimum Gasteiger partial charge on any atom is -0.454 e. The molecule has 7 nitrogen and oxygen atoms in total. The number of aromatic nitrogens is 1. The minimum atomic E-state index is -4.78. The summed E-state index contributed by atoms with van der Waals surface area (Å²) < 4.78 is 51.4. The van der Waals surface area contributed by atoms with Crippen molar-refractivity contribution in [2.75, 3.05) is 17.9 Å². The number of benzene rings is 1. The number of ether oxygens (including phenoxy) is 2. The lowest BCUT2D eigenvalue weighted by molar-refractivity contribution is -0.138. The van der Waals surface area contributed by atoms with Crippen LogP contribution in [-0.2, 0) is 11.0 Å². The minimum absolute atomic E-state index is 0.0232. The number of thiophene rings is 1. The highest BCUT2D eigenvalue weighted by Crippen LogP contribution is 2.39. The fourth-order valence-corrected chi connectivity index (χ4v) is 4.65. The number of thioether (sulfide) groups is 1. The standard InChI is InChI=1S/C22H14F3N3O4S2/c1-11(29)12-5-17-18(32-10-31-17)7-15(12)27-20(30)9-34-21-13(8-26)14(22(23,24)25)6-16(28-21)19-3-2-4-33-19/h2-7H,9-10H2,1H3,(H,27,30). The van der Waals surface area contributed by atoms with E-state index in [1.54, 1.807) is 23.6 Å². The number of pyridine rings is 1. The third-order valence-electron chi connectivity index (χ3n) is 4.68. The van der Waals surface area contributed by atoms with Gasteiger partial charge in [0, 0.05) is 11.6 Å². The SMILES string of the molecule is CC(=O)c1cc2c(cc1NC(=O)CSc1nc(-c3cccs3)cc(C(F)(F)F)c1C#N)OCO2. The van der Waals surface area contributed by atoms with E-state index in [-0.39, 0.29) is 40.3 Å². The summed E-state index contributed by atoms with van der Waals surface area (Å²) in [7, 11) is 0. The van der Waals surface area contributed by atoms with Crippen LogP contribution in [-0.4, -0.2) is 29.2 Å². The van der Waals surface area contributed by atoms with Gasteiger partial charge in [0.1, 0.15) is 11.1 Å². The Labute approximate surface area is 199 Å². The van der Waals surface area contributed by atoms with Crippen LogP contribution in [0.4, 0.5) is 18.9 Å². The number of rotatable bonds is 6. The number of alkyl halides is 3. The monoisotopic (exact) mass is 505 g/mol. The molecule has 4 rings (SSSR count). The van der Waals surface area contributed by atoms with Gasteiger partial charge < -0.3 is 14.8 Å². The second-order valence-corrected chi connectivity index (χ2v) is 8.88. The van der Waals surface area contributed by atoms with Crippen molar-refractivity contribution in [2.24, 2.45) is 0 Å². The van der Waals surface area contributed by atoms with Crippen LogP contribution in [0.1, 0.15) is 28.4 Å². The molecular formula is C22H14F3N3O4S2. The van der Waals surface area contributed by atoms with Crippen LogP contribution in [0.2, 0.25) is 0 Å². The molecule has 0 fully saturated rings. The number of nitrogens with zero attached hydrogens (tertiary/aromatic N) is 2. The number of nitrogens with one attached hydrogen (secondary N) is 1. The fraction of sp³-hybridized carbons (Fsp3) is 0.182. The number of hydrogen-bond donors (Lipinski definition) is 1. The Morgan fingerprint density at radius 3 is 2.62 bits per heavy atom. The van der Waals surface area contributed by atoms with Crippen molar-refractivity contribution in [3.05, 3.63) is 52.4 Å². The first-order valence-corrected chi connectivity index (χ1v) is 11.5. The van der Waals surface area contributed by atoms with Gasteiger partial charge in [-0.15, -0.1) is 11.3 Å². The molecule has 0 spiro atoms. The third-order valence-corrected chi connectivity index (χ3v) is 6.55. The van der Waals surface area contributed by atoms with Gasteiger partial charge in [-0.25, -0.2) is 4.98 Å². The lowest BCUT2D eigenvalue weighted by Crippen LogP contribution is -2.17. The molecule has 1 amide bonds. The van der Waals surface area contributed by atoms with E-state index in [0.717, 1.165) is 6.07 Å². The summed E-state index contributed by atoms with van der Waals surface area (Å²) in [5.74, 6) is -0.566. The normalized spacial score (nSPS) is 12.3. The third kappa shape index (κ3) is 4.85. The van der Waals surface area contributed by atoms with Crippen LogP contribution in [0.5, 0.6) is 11.5 Å². The zero-order valence-corrected chi connectivity index (χ0v) is 19.0. The van der Waals surface area contributed by atoms with E-state index >= 15 is 0 Å². The first-order valence-electron chi connectivity index (χ1n) is 9.61. The van der Waals surface area contributed by atoms with E-state index in [1.165, 1.54) is 30.4 Å². The molecule has 1 aliphatic heterocycles. The number of halogens is 3. The summed E-state index contributed by atoms with van der Waals surface area (Å²) in [6.07, 6.45) is -4.78. The summed E-state index contributed by atoms with van der Waals surface area (Å²) in [4.78, 5) is 29.3. The quantitative estimate of drug-likeness (QED) is 0.355. The van der Waals surface area contributed by atoms with Gasteiger partial charge in [-0.2, -0.15) is 18.4 Å². The molecular weight excluding hydrogens is 491 g/mol. The van der Waals surface area contributed by atoms with E-state index in [2.05, 4.69) is 10.3 Å². The topological polar surface area (TPSA) is 101 Å². The number of hydrogen-bond acceptors (Lipinski definition) is 8. The maximum atomic E-state index is 13.6. The lowest BCUT2D eigenvalue weighted by Gasteiger charge is -2.14. The summed E-state index contributed by atoms with van der Waals surface area (Å²) in [5.41, 5.74) is -1.35. The molecule has 1 aromatic carbocycles. The molecule has 3 heterocycles. The molecule has 0 bridgehead atoms. The zero-order valence-electron chi connectivity index (χ0n) is 17.4. The highest BCUT2D eigenvalue weighted by Gasteiger charge is 2.36. The summed E-state index contributed by atoms with van der Waals surface area (Å²) in [5, 5.41) is 13.5. The first kappa shape index (κ1) is 23.6. The van der Waals surface area contributed by atoms with Gasteiger partial charge in [-0.05, 0) is 30.5 Å². The molecule has 3 aromatic rings. The molecule has 0 saturated carbocycles. The zero-order chi connectivity index (χ0) is 24.5. The Morgan fingerprint density at radius 1 is 1.26 bits per heavy atom. The average Bonchev–Trinajstić information content (AvgIpc) is 3.47. The van der Waals surface area contributed by atoms with Gasteiger partial charge in [0.2, 0.25) is 12.7 Å². The van der Waals surface area contributed by atoms with Crippen molar-refractivity contribution in [1.29, 1.82) is 5.26 Å². The second kappa shape index (κ2) is 9.36. The number of carbonyl (C=O) groups excluding carboxylic acids is 2. The van der Waals surface area contributed by atoms with Gasteiger partial charge in [0.05, 0.1) is 33.1 Å². The Morgan fingerprint density at radius 2 is 2.00 bits per heavy atom. The van der Waals surface area contributed by atoms with Gasteiger partial charge in [0.25, 0.3) is 0 Å². The van der Waals surface area contributed by atoms with Crippen molar-refractivity contribution in [3.63, 3.8) is 0 Å². The second-order valence-electron chi connectivity index (χ2n) is 6.97. The van der Waals surface area contributed by atoms with Crippen LogP contribution in [0.25, 0.3) is 10.6 Å². The maximum Gasteiger partial charge on any atom is 0.417 e. The molecule has 12 heteroatoms. The number of carbonyl (C=O) groups is 2. The predicted octanol–water partition coefficient (Wildman–Crippen LogP) is 5.36. The molecule has 34 heavy (non-hydrogen) atoms. The molecule has 0 aliphatic carbocycles. The number of nitriles is 1. The number of anilines is 1. The molecule has 0 radical (unpaired) electrons. The highest BCUT2D eigenvalue weighted by molar-refractivity contribution is 8.00. The largest absolute Gasteiger partial charge is 0.454 e. The van der Waals surface area contributed by atoms with Gasteiger partial charge >= 0.3 is 6.18 Å². The van der Waals surface area contributed by atoms with Crippen molar-refractivity contribution < 1.29 is 32.2 Å². The smallest absolute Gasteiger partial charge is 0.417 e. The number of Topliss-reactive ketones (excluding diaryl/α,β-unsaturated/α-hetero) is 1. The van der Waals surface area contributed by atoms with Crippen LogP contribution >= 0.6 is 23.1 Å². The van der Waals surface area contributed by atoms with Gasteiger partial charge in [0.15, 0.2) is 17.3 Å². The van der Waals surface area contributed by atoms with Crippen molar-refractivity contribution in [1.82, 2.24) is 4.98 Å². The van der Waals surface area contributed by atoms with E-state index in [9.17, 15) is 28.0 Å². The fourth-order valence-electron chi connectivity index (χ4n) is 3.17. The molecule has 1 aliphatic rings. The van der Waals surface area contributed by atoms with E-state index in [4.69, 9.17) is 9.47 Å². The summed E-state index contributed by atoms with van der Waals surface area (Å²) >= 11 is 1.90. The van der Waals surface area contributed by atoms with Gasteiger partial charge in [-0.1, -0.05) is 17.8 Å². The Bertz CT molecular complexity index is 1320. The number of amides is 1. The first-order chi connectivity index (χ1) is 16.2. The van der Waals surface area contributed by atoms with Crippen LogP contribution in [0.15, 0.2) is 40.7 Å². The van der Waals surface area contributed by atoms with Gasteiger partial charge in [-0.3, -0.25) is 9.59 Å². The molecule has 0 atom stereocenters. The Hall–Kier alpha value is -3.56. The number of fused-ring (bicyclic) bond motifs is 1.